The van der Waals surface area contributed by atoms with Gasteiger partial charge in [0.05, 0.1) is 12.1 Å². The first kappa shape index (κ1) is 19.7. The van der Waals surface area contributed by atoms with Crippen LogP contribution in [0.3, 0.4) is 0 Å². The van der Waals surface area contributed by atoms with Gasteiger partial charge in [0.15, 0.2) is 0 Å². The van der Waals surface area contributed by atoms with E-state index in [2.05, 4.69) is 0 Å². The highest BCUT2D eigenvalue weighted by Gasteiger charge is 2.39. The highest BCUT2D eigenvalue weighted by atomic mass is 16.6. The summed E-state index contributed by atoms with van der Waals surface area (Å²) in [5.74, 6) is -0.573. The minimum absolute atomic E-state index is 0.0737. The van der Waals surface area contributed by atoms with Crippen molar-refractivity contribution in [2.75, 3.05) is 13.6 Å². The summed E-state index contributed by atoms with van der Waals surface area (Å²) in [6.07, 6.45) is 0.498. The molecular formula is C16H31N3O4. The maximum Gasteiger partial charge on any atom is 0.410 e. The molecule has 1 saturated heterocycles. The van der Waals surface area contributed by atoms with Crippen molar-refractivity contribution in [1.29, 1.82) is 0 Å². The van der Waals surface area contributed by atoms with Crippen LogP contribution in [0.1, 0.15) is 47.5 Å². The maximum absolute atomic E-state index is 12.4. The van der Waals surface area contributed by atoms with Crippen molar-refractivity contribution >= 4 is 12.0 Å². The lowest BCUT2D eigenvalue weighted by atomic mass is 10.0. The predicted octanol–water partition coefficient (Wildman–Crippen LogP) is 0.941. The Bertz CT molecular complexity index is 434. The Morgan fingerprint density at radius 2 is 1.91 bits per heavy atom. The second kappa shape index (κ2) is 7.49. The van der Waals surface area contributed by atoms with Crippen LogP contribution in [-0.4, -0.2) is 70.3 Å². The summed E-state index contributed by atoms with van der Waals surface area (Å²) in [7, 11) is 1.75. The summed E-state index contributed by atoms with van der Waals surface area (Å²) in [5.41, 5.74) is 4.86. The van der Waals surface area contributed by atoms with Crippen LogP contribution in [-0.2, 0) is 9.53 Å². The molecule has 0 saturated carbocycles. The largest absolute Gasteiger partial charge is 0.444 e. The third-order valence-corrected chi connectivity index (χ3v) is 4.31. The van der Waals surface area contributed by atoms with Crippen LogP contribution in [0.2, 0.25) is 0 Å². The summed E-state index contributed by atoms with van der Waals surface area (Å²) in [6, 6.07) is -0.987. The summed E-state index contributed by atoms with van der Waals surface area (Å²) in [4.78, 5) is 27.5. The topological polar surface area (TPSA) is 96.1 Å². The second-order valence-corrected chi connectivity index (χ2v) is 7.38. The summed E-state index contributed by atoms with van der Waals surface area (Å²) < 4.78 is 5.46. The van der Waals surface area contributed by atoms with Crippen molar-refractivity contribution < 1.29 is 19.4 Å². The van der Waals surface area contributed by atoms with Gasteiger partial charge in [0.2, 0.25) is 5.91 Å². The lowest BCUT2D eigenvalue weighted by Crippen LogP contribution is -2.57. The van der Waals surface area contributed by atoms with E-state index in [1.165, 1.54) is 0 Å². The van der Waals surface area contributed by atoms with Gasteiger partial charge in [-0.25, -0.2) is 4.79 Å². The molecule has 134 valence electrons. The zero-order chi connectivity index (χ0) is 17.9. The monoisotopic (exact) mass is 329 g/mol. The fraction of sp³-hybridized carbons (Fsp3) is 0.875. The van der Waals surface area contributed by atoms with E-state index >= 15 is 0 Å². The van der Waals surface area contributed by atoms with Crippen molar-refractivity contribution in [1.82, 2.24) is 9.80 Å². The predicted molar refractivity (Wildman–Crippen MR) is 87.9 cm³/mol. The number of primary amides is 1. The van der Waals surface area contributed by atoms with Gasteiger partial charge >= 0.3 is 6.09 Å². The molecule has 3 N–H and O–H groups in total. The minimum Gasteiger partial charge on any atom is -0.444 e. The third-order valence-electron chi connectivity index (χ3n) is 4.31. The van der Waals surface area contributed by atoms with Crippen molar-refractivity contribution in [2.45, 2.75) is 77.3 Å². The Morgan fingerprint density at radius 3 is 2.35 bits per heavy atom. The van der Waals surface area contributed by atoms with Crippen LogP contribution < -0.4 is 5.73 Å². The van der Waals surface area contributed by atoms with Gasteiger partial charge in [0.1, 0.15) is 11.6 Å². The molecule has 2 unspecified atom stereocenters. The van der Waals surface area contributed by atoms with Crippen LogP contribution in [0.25, 0.3) is 0 Å². The molecule has 1 rings (SSSR count). The van der Waals surface area contributed by atoms with Gasteiger partial charge in [-0.05, 0) is 54.5 Å². The smallest absolute Gasteiger partial charge is 0.410 e. The van der Waals surface area contributed by atoms with Crippen molar-refractivity contribution in [3.8, 4) is 0 Å². The average Bonchev–Trinajstić information content (AvgIpc) is 2.83. The van der Waals surface area contributed by atoms with Crippen LogP contribution in [0.4, 0.5) is 4.79 Å². The van der Waals surface area contributed by atoms with Crippen molar-refractivity contribution in [2.24, 2.45) is 5.73 Å². The van der Waals surface area contributed by atoms with Gasteiger partial charge in [-0.3, -0.25) is 9.69 Å². The first-order valence-electron chi connectivity index (χ1n) is 8.14. The van der Waals surface area contributed by atoms with Gasteiger partial charge in [-0.2, -0.15) is 0 Å². The molecule has 4 atom stereocenters. The Hall–Kier alpha value is -1.34. The first-order valence-corrected chi connectivity index (χ1v) is 8.14. The van der Waals surface area contributed by atoms with E-state index in [1.54, 1.807) is 23.8 Å². The average molecular weight is 329 g/mol. The molecular weight excluding hydrogens is 298 g/mol. The summed E-state index contributed by atoms with van der Waals surface area (Å²) in [5, 5.41) is 9.82. The molecule has 0 aromatic carbocycles. The molecule has 0 aromatic rings. The van der Waals surface area contributed by atoms with E-state index in [1.807, 2.05) is 27.7 Å². The molecule has 0 spiro atoms. The van der Waals surface area contributed by atoms with E-state index < -0.39 is 23.7 Å². The van der Waals surface area contributed by atoms with Crippen molar-refractivity contribution in [3.63, 3.8) is 0 Å². The zero-order valence-electron chi connectivity index (χ0n) is 15.1. The number of likely N-dealkylation sites (N-methyl/N-ethyl adjacent to an activating group) is 1. The Morgan fingerprint density at radius 1 is 1.35 bits per heavy atom. The van der Waals surface area contributed by atoms with Crippen LogP contribution >= 0.6 is 0 Å². The molecule has 1 heterocycles. The number of likely N-dealkylation sites (tertiary alicyclic amines) is 1. The number of hydrogen-bond acceptors (Lipinski definition) is 5. The fourth-order valence-corrected chi connectivity index (χ4v) is 3.14. The van der Waals surface area contributed by atoms with Crippen LogP contribution in [0, 0.1) is 0 Å². The van der Waals surface area contributed by atoms with Gasteiger partial charge in [0.25, 0.3) is 0 Å². The normalized spacial score (nSPS) is 22.8. The number of aliphatic hydroxyl groups excluding tert-OH is 1. The van der Waals surface area contributed by atoms with Gasteiger partial charge in [-0.1, -0.05) is 0 Å². The van der Waals surface area contributed by atoms with Crippen LogP contribution in [0.5, 0.6) is 0 Å². The number of nitrogens with two attached hydrogens (primary N) is 1. The second-order valence-electron chi connectivity index (χ2n) is 7.38. The molecule has 7 heteroatoms. The lowest BCUT2D eigenvalue weighted by molar-refractivity contribution is -0.127. The van der Waals surface area contributed by atoms with Gasteiger partial charge in [-0.15, -0.1) is 0 Å². The van der Waals surface area contributed by atoms with Gasteiger partial charge < -0.3 is 20.5 Å². The SMILES string of the molecule is CC(C1CCCN1C(=O)OC(C)(C)C)N(C)[C@H](C(N)=O)[C@@H](C)O. The quantitative estimate of drug-likeness (QED) is 0.782. The highest BCUT2D eigenvalue weighted by Crippen LogP contribution is 2.26. The van der Waals surface area contributed by atoms with E-state index in [4.69, 9.17) is 10.5 Å². The summed E-state index contributed by atoms with van der Waals surface area (Å²) in [6.45, 7) is 9.62. The molecule has 2 amide bonds. The molecule has 1 fully saturated rings. The number of carbonyl (C=O) groups excluding carboxylic acids is 2. The molecule has 7 nitrogen and oxygen atoms in total. The maximum atomic E-state index is 12.4. The number of carbonyl (C=O) groups is 2. The highest BCUT2D eigenvalue weighted by molar-refractivity contribution is 5.80. The number of aliphatic hydroxyl groups is 1. The Kier molecular flexibility index (Phi) is 6.41. The molecule has 0 radical (unpaired) electrons. The Balaban J connectivity index is 2.86. The standard InChI is InChI=1S/C16H31N3O4/c1-10(18(6)13(11(2)20)14(17)21)12-8-7-9-19(12)15(22)23-16(3,4)5/h10-13,20H,7-9H2,1-6H3,(H2,17,21)/t10?,11-,12?,13+/m1/s1. The zero-order valence-corrected chi connectivity index (χ0v) is 15.1. The molecule has 0 aromatic heterocycles. The number of amides is 2. The molecule has 0 bridgehead atoms. The third kappa shape index (κ3) is 5.07. The lowest BCUT2D eigenvalue weighted by Gasteiger charge is -2.39. The van der Waals surface area contributed by atoms with Crippen molar-refractivity contribution in [3.05, 3.63) is 0 Å². The number of nitrogens with zero attached hydrogens (tertiary/aromatic N) is 2. The molecule has 23 heavy (non-hydrogen) atoms. The fourth-order valence-electron chi connectivity index (χ4n) is 3.14. The summed E-state index contributed by atoms with van der Waals surface area (Å²) >= 11 is 0. The molecule has 1 aliphatic rings. The van der Waals surface area contributed by atoms with E-state index in [0.717, 1.165) is 12.8 Å². The van der Waals surface area contributed by atoms with E-state index in [-0.39, 0.29) is 18.2 Å². The van der Waals surface area contributed by atoms with Gasteiger partial charge in [0, 0.05) is 12.6 Å². The van der Waals surface area contributed by atoms with E-state index in [0.29, 0.717) is 6.54 Å². The molecule has 0 aliphatic carbocycles. The number of hydrogen-bond donors (Lipinski definition) is 2. The minimum atomic E-state index is -0.878. The first-order chi connectivity index (χ1) is 10.5. The van der Waals surface area contributed by atoms with Crippen LogP contribution in [0.15, 0.2) is 0 Å². The molecule has 1 aliphatic heterocycles. The number of ether oxygens (including phenoxy) is 1. The van der Waals surface area contributed by atoms with E-state index in [9.17, 15) is 14.7 Å². The number of rotatable bonds is 5. The Labute approximate surface area is 138 Å².